The molecule has 1 N–H and O–H groups in total. The molecule has 7 nitrogen and oxygen atoms in total. The second-order valence-corrected chi connectivity index (χ2v) is 11.7. The third-order valence-electron chi connectivity index (χ3n) is 9.14. The number of hydrogen-bond acceptors (Lipinski definition) is 5. The number of carbonyl (C=O) groups excluding carboxylic acids is 4. The summed E-state index contributed by atoms with van der Waals surface area (Å²) in [7, 11) is 0. The quantitative estimate of drug-likeness (QED) is 0.409. The van der Waals surface area contributed by atoms with Gasteiger partial charge in [-0.1, -0.05) is 40.9 Å². The smallest absolute Gasteiger partial charge is 0.241 e. The van der Waals surface area contributed by atoms with Gasteiger partial charge in [0.05, 0.1) is 33.9 Å². The van der Waals surface area contributed by atoms with Gasteiger partial charge < -0.3 is 5.11 Å². The van der Waals surface area contributed by atoms with Gasteiger partial charge in [0.2, 0.25) is 23.6 Å². The summed E-state index contributed by atoms with van der Waals surface area (Å²) < 4.78 is 13.9. The monoisotopic (exact) mass is 570 g/mol. The van der Waals surface area contributed by atoms with E-state index in [4.69, 9.17) is 23.2 Å². The highest BCUT2D eigenvalue weighted by Crippen LogP contribution is 2.64. The van der Waals surface area contributed by atoms with Gasteiger partial charge in [-0.25, -0.2) is 9.29 Å². The molecule has 4 amide bonds. The maximum absolute atomic E-state index is 14.3. The molecule has 2 aromatic carbocycles. The number of hydrogen-bond donors (Lipinski definition) is 1. The standard InChI is InChI=1S/C29H25Cl2FN2O5/c1-3-33-25(36)17-8-7-15-18(23(17)27(33)38)12-19-26(37)34(13-4-9-22(32)21(31)10-13)28(39)29(19,2)24(15)16-6-5-14(35)11-20(16)30/h4-7,9-11,17-19,23-24,35H,3,8,12H2,1-2H3/t17-,18+,19-,23-,24+,29+/m0/s1. The average Bonchev–Trinajstić information content (AvgIpc) is 3.25. The third kappa shape index (κ3) is 3.47. The van der Waals surface area contributed by atoms with Gasteiger partial charge in [-0.05, 0) is 68.5 Å². The number of phenolic OH excluding ortho intramolecular Hbond substituents is 1. The molecule has 6 rings (SSSR count). The Morgan fingerprint density at radius 1 is 1.00 bits per heavy atom. The van der Waals surface area contributed by atoms with E-state index in [0.29, 0.717) is 12.0 Å². The van der Waals surface area contributed by atoms with E-state index >= 15 is 0 Å². The first-order valence-corrected chi connectivity index (χ1v) is 13.6. The fourth-order valence-electron chi connectivity index (χ4n) is 7.36. The highest BCUT2D eigenvalue weighted by molar-refractivity contribution is 6.32. The van der Waals surface area contributed by atoms with Crippen LogP contribution in [0.5, 0.6) is 5.75 Å². The van der Waals surface area contributed by atoms with Gasteiger partial charge in [0.1, 0.15) is 11.6 Å². The molecule has 2 aliphatic carbocycles. The van der Waals surface area contributed by atoms with Crippen molar-refractivity contribution in [2.75, 3.05) is 11.4 Å². The van der Waals surface area contributed by atoms with Gasteiger partial charge in [0.15, 0.2) is 0 Å². The predicted molar refractivity (Wildman–Crippen MR) is 142 cm³/mol. The largest absolute Gasteiger partial charge is 0.508 e. The fraction of sp³-hybridized carbons (Fsp3) is 0.379. The van der Waals surface area contributed by atoms with Crippen molar-refractivity contribution in [1.82, 2.24) is 4.90 Å². The van der Waals surface area contributed by atoms with E-state index in [-0.39, 0.29) is 46.3 Å². The van der Waals surface area contributed by atoms with E-state index in [2.05, 4.69) is 0 Å². The summed E-state index contributed by atoms with van der Waals surface area (Å²) in [5.74, 6) is -5.34. The van der Waals surface area contributed by atoms with Crippen molar-refractivity contribution in [2.45, 2.75) is 32.6 Å². The van der Waals surface area contributed by atoms with Crippen molar-refractivity contribution in [2.24, 2.45) is 29.1 Å². The number of anilines is 1. The first-order chi connectivity index (χ1) is 18.5. The van der Waals surface area contributed by atoms with Crippen LogP contribution in [-0.2, 0) is 19.2 Å². The normalized spacial score (nSPS) is 31.8. The number of phenols is 1. The Labute approximate surface area is 234 Å². The molecule has 0 aromatic heterocycles. The van der Waals surface area contributed by atoms with Crippen molar-refractivity contribution in [3.63, 3.8) is 0 Å². The molecule has 3 fully saturated rings. The molecule has 0 spiro atoms. The SMILES string of the molecule is CCN1C(=O)[C@H]2[C@H](CC=C3[C@H]2C[C@H]2C(=O)N(c4ccc(F)c(Cl)c4)C(=O)[C@@]2(C)[C@H]3c2ccc(O)cc2Cl)C1=O. The maximum Gasteiger partial charge on any atom is 0.241 e. The number of fused-ring (bicyclic) bond motifs is 4. The highest BCUT2D eigenvalue weighted by Gasteiger charge is 2.67. The summed E-state index contributed by atoms with van der Waals surface area (Å²) >= 11 is 12.6. The zero-order valence-electron chi connectivity index (χ0n) is 21.2. The number of imide groups is 2. The van der Waals surface area contributed by atoms with Crippen LogP contribution in [-0.4, -0.2) is 40.2 Å². The summed E-state index contributed by atoms with van der Waals surface area (Å²) in [6.45, 7) is 3.74. The van der Waals surface area contributed by atoms with E-state index in [0.717, 1.165) is 16.5 Å². The Kier molecular flexibility index (Phi) is 5.93. The Balaban J connectivity index is 1.54. The average molecular weight is 571 g/mol. The topological polar surface area (TPSA) is 95.0 Å². The van der Waals surface area contributed by atoms with Gasteiger partial charge in [0.25, 0.3) is 0 Å². The molecule has 6 atom stereocenters. The molecule has 0 unspecified atom stereocenters. The van der Waals surface area contributed by atoms with E-state index in [1.807, 2.05) is 6.08 Å². The molecule has 2 aromatic rings. The lowest BCUT2D eigenvalue weighted by molar-refractivity contribution is -0.140. The predicted octanol–water partition coefficient (Wildman–Crippen LogP) is 5.09. The van der Waals surface area contributed by atoms with Gasteiger partial charge in [-0.15, -0.1) is 0 Å². The Morgan fingerprint density at radius 3 is 2.41 bits per heavy atom. The van der Waals surface area contributed by atoms with Crippen LogP contribution in [0.1, 0.15) is 38.2 Å². The molecule has 39 heavy (non-hydrogen) atoms. The molecular formula is C29H25Cl2FN2O5. The second-order valence-electron chi connectivity index (χ2n) is 10.9. The molecule has 2 aliphatic heterocycles. The van der Waals surface area contributed by atoms with E-state index in [1.165, 1.54) is 29.2 Å². The lowest BCUT2D eigenvalue weighted by Crippen LogP contribution is -2.49. The van der Waals surface area contributed by atoms with Crippen LogP contribution in [0.3, 0.4) is 0 Å². The van der Waals surface area contributed by atoms with Gasteiger partial charge in [-0.2, -0.15) is 0 Å². The number of halogens is 3. The number of aromatic hydroxyl groups is 1. The van der Waals surface area contributed by atoms with Crippen molar-refractivity contribution < 1.29 is 28.7 Å². The minimum atomic E-state index is -1.30. The van der Waals surface area contributed by atoms with Crippen LogP contribution in [0.4, 0.5) is 10.1 Å². The summed E-state index contributed by atoms with van der Waals surface area (Å²) in [5.41, 5.74) is 0.188. The first-order valence-electron chi connectivity index (χ1n) is 12.9. The molecule has 202 valence electrons. The van der Waals surface area contributed by atoms with Gasteiger partial charge in [0, 0.05) is 17.5 Å². The molecular weight excluding hydrogens is 546 g/mol. The molecule has 0 bridgehead atoms. The summed E-state index contributed by atoms with van der Waals surface area (Å²) in [4.78, 5) is 57.1. The molecule has 10 heteroatoms. The van der Waals surface area contributed by atoms with Crippen molar-refractivity contribution in [1.29, 1.82) is 0 Å². The van der Waals surface area contributed by atoms with Crippen LogP contribution in [0, 0.1) is 34.9 Å². The fourth-order valence-corrected chi connectivity index (χ4v) is 7.82. The number of likely N-dealkylation sites (tertiary alicyclic amines) is 1. The van der Waals surface area contributed by atoms with E-state index in [9.17, 15) is 28.7 Å². The lowest BCUT2D eigenvalue weighted by atomic mass is 9.51. The summed E-state index contributed by atoms with van der Waals surface area (Å²) in [6, 6.07) is 8.17. The molecule has 1 saturated carbocycles. The van der Waals surface area contributed by atoms with E-state index < -0.39 is 52.6 Å². The van der Waals surface area contributed by atoms with Crippen LogP contribution < -0.4 is 4.90 Å². The zero-order valence-corrected chi connectivity index (χ0v) is 22.7. The van der Waals surface area contributed by atoms with Gasteiger partial charge >= 0.3 is 0 Å². The van der Waals surface area contributed by atoms with Crippen molar-refractivity contribution in [3.8, 4) is 5.75 Å². The van der Waals surface area contributed by atoms with Crippen molar-refractivity contribution >= 4 is 52.5 Å². The Morgan fingerprint density at radius 2 is 1.74 bits per heavy atom. The lowest BCUT2D eigenvalue weighted by Gasteiger charge is -2.49. The molecule has 2 heterocycles. The number of nitrogens with zero attached hydrogens (tertiary/aromatic N) is 2. The van der Waals surface area contributed by atoms with Crippen LogP contribution >= 0.6 is 23.2 Å². The Hall–Kier alpha value is -3.23. The van der Waals surface area contributed by atoms with Crippen molar-refractivity contribution in [3.05, 3.63) is 69.5 Å². The minimum Gasteiger partial charge on any atom is -0.508 e. The van der Waals surface area contributed by atoms with Gasteiger partial charge in [-0.3, -0.25) is 24.1 Å². The van der Waals surface area contributed by atoms with E-state index in [1.54, 1.807) is 19.9 Å². The molecule has 4 aliphatic rings. The minimum absolute atomic E-state index is 0.0536. The zero-order chi connectivity index (χ0) is 28.0. The van der Waals surface area contributed by atoms with Crippen LogP contribution in [0.25, 0.3) is 0 Å². The molecule has 2 saturated heterocycles. The second kappa shape index (κ2) is 8.89. The van der Waals surface area contributed by atoms with Crippen LogP contribution in [0.15, 0.2) is 48.0 Å². The number of rotatable bonds is 3. The number of benzene rings is 2. The first kappa shape index (κ1) is 26.0. The molecule has 0 radical (unpaired) electrons. The summed E-state index contributed by atoms with van der Waals surface area (Å²) in [5, 5.41) is 10.0. The third-order valence-corrected chi connectivity index (χ3v) is 9.76. The number of allylic oxidation sites excluding steroid dienone is 2. The van der Waals surface area contributed by atoms with Crippen LogP contribution in [0.2, 0.25) is 10.0 Å². The number of amides is 4. The number of carbonyl (C=O) groups is 4. The maximum atomic E-state index is 14.3. The summed E-state index contributed by atoms with van der Waals surface area (Å²) in [6.07, 6.45) is 2.47. The Bertz CT molecular complexity index is 1510. The highest BCUT2D eigenvalue weighted by atomic mass is 35.5.